The van der Waals surface area contributed by atoms with Gasteiger partial charge >= 0.3 is 23.9 Å². The summed E-state index contributed by atoms with van der Waals surface area (Å²) in [5.41, 5.74) is 0.529. The number of carbonyl (C=O) groups is 5. The summed E-state index contributed by atoms with van der Waals surface area (Å²) in [4.78, 5) is 69.4. The molecule has 3 aliphatic heterocycles. The highest BCUT2D eigenvalue weighted by molar-refractivity contribution is 8.26. The lowest BCUT2D eigenvalue weighted by atomic mass is 9.83. The zero-order chi connectivity index (χ0) is 32.8. The van der Waals surface area contributed by atoms with Gasteiger partial charge in [0.25, 0.3) is 5.91 Å². The summed E-state index contributed by atoms with van der Waals surface area (Å²) < 4.78 is 18.7. The van der Waals surface area contributed by atoms with Crippen molar-refractivity contribution in [3.05, 3.63) is 89.9 Å². The zero-order valence-electron chi connectivity index (χ0n) is 24.8. The average Bonchev–Trinajstić information content (AvgIpc) is 3.43. The number of thioether (sulfide) groups is 3. The minimum Gasteiger partial charge on any atom is -0.466 e. The topological polar surface area (TPSA) is 126 Å². The second kappa shape index (κ2) is 12.3. The van der Waals surface area contributed by atoms with Gasteiger partial charge in [-0.15, -0.1) is 0 Å². The highest BCUT2D eigenvalue weighted by atomic mass is 35.5. The highest BCUT2D eigenvalue weighted by Gasteiger charge is 2.61. The van der Waals surface area contributed by atoms with Crippen LogP contribution in [0.4, 0.5) is 5.69 Å². The van der Waals surface area contributed by atoms with Crippen LogP contribution in [0.15, 0.2) is 73.7 Å². The molecule has 14 heteroatoms. The molecule has 45 heavy (non-hydrogen) atoms. The first-order valence-electron chi connectivity index (χ1n) is 13.2. The fourth-order valence-corrected chi connectivity index (χ4v) is 10.6. The molecule has 0 aromatic heterocycles. The molecule has 0 radical (unpaired) electrons. The Morgan fingerprint density at radius 1 is 0.733 bits per heavy atom. The lowest BCUT2D eigenvalue weighted by Crippen LogP contribution is -2.53. The number of methoxy groups -OCH3 is 4. The second-order valence-electron chi connectivity index (χ2n) is 10.2. The lowest BCUT2D eigenvalue weighted by Gasteiger charge is -2.50. The predicted octanol–water partition coefficient (Wildman–Crippen LogP) is 5.57. The Bertz CT molecular complexity index is 1750. The quantitative estimate of drug-likeness (QED) is 0.288. The van der Waals surface area contributed by atoms with Gasteiger partial charge in [0, 0.05) is 26.6 Å². The number of para-hydroxylation sites is 1. The minimum atomic E-state index is -1.65. The van der Waals surface area contributed by atoms with Crippen molar-refractivity contribution in [3.63, 3.8) is 0 Å². The molecule has 2 aromatic rings. The summed E-state index contributed by atoms with van der Waals surface area (Å²) >= 11 is 8.96. The molecule has 0 saturated carbocycles. The van der Waals surface area contributed by atoms with Crippen molar-refractivity contribution in [2.75, 3.05) is 33.3 Å². The molecular weight excluding hydrogens is 662 g/mol. The SMILES string of the molecule is COC(=O)C1=C(C(=O)OC)SC2(S1)C(C(=O)OC)=C(C(=O)OC)SC1=C2c2ccccc2N(C(=O)c2cccc(Cl)c2)C1(C)C. The zero-order valence-corrected chi connectivity index (χ0v) is 28.0. The van der Waals surface area contributed by atoms with Crippen molar-refractivity contribution in [1.82, 2.24) is 0 Å². The van der Waals surface area contributed by atoms with Gasteiger partial charge in [-0.1, -0.05) is 71.2 Å². The maximum absolute atomic E-state index is 14.3. The largest absolute Gasteiger partial charge is 0.466 e. The van der Waals surface area contributed by atoms with Gasteiger partial charge in [-0.05, 0) is 38.1 Å². The molecule has 0 bridgehead atoms. The van der Waals surface area contributed by atoms with Crippen molar-refractivity contribution in [2.45, 2.75) is 23.5 Å². The minimum absolute atomic E-state index is 0.119. The Kier molecular flexibility index (Phi) is 8.93. The van der Waals surface area contributed by atoms with Crippen molar-refractivity contribution in [3.8, 4) is 0 Å². The van der Waals surface area contributed by atoms with E-state index in [1.165, 1.54) is 7.11 Å². The molecule has 0 N–H and O–H groups in total. The monoisotopic (exact) mass is 687 g/mol. The first kappa shape index (κ1) is 32.7. The van der Waals surface area contributed by atoms with Crippen LogP contribution < -0.4 is 4.90 Å². The number of esters is 4. The van der Waals surface area contributed by atoms with Gasteiger partial charge in [-0.2, -0.15) is 0 Å². The Hall–Kier alpha value is -3.65. The van der Waals surface area contributed by atoms with Gasteiger partial charge < -0.3 is 18.9 Å². The summed E-state index contributed by atoms with van der Waals surface area (Å²) in [6.45, 7) is 3.61. The molecule has 0 unspecified atom stereocenters. The molecule has 0 fully saturated rings. The maximum atomic E-state index is 14.3. The molecule has 3 aliphatic rings. The van der Waals surface area contributed by atoms with E-state index in [-0.39, 0.29) is 26.2 Å². The predicted molar refractivity (Wildman–Crippen MR) is 173 cm³/mol. The van der Waals surface area contributed by atoms with Crippen LogP contribution in [0.1, 0.15) is 29.8 Å². The highest BCUT2D eigenvalue weighted by Crippen LogP contribution is 2.71. The number of benzene rings is 2. The van der Waals surface area contributed by atoms with Crippen molar-refractivity contribution >= 4 is 87.9 Å². The number of nitrogens with zero attached hydrogens (tertiary/aromatic N) is 1. The fourth-order valence-electron chi connectivity index (χ4n) is 5.38. The summed E-state index contributed by atoms with van der Waals surface area (Å²) in [6, 6.07) is 13.6. The van der Waals surface area contributed by atoms with Gasteiger partial charge in [-0.25, -0.2) is 19.2 Å². The first-order chi connectivity index (χ1) is 21.4. The number of amides is 1. The second-order valence-corrected chi connectivity index (χ2v) is 14.3. The molecule has 0 atom stereocenters. The van der Waals surface area contributed by atoms with Gasteiger partial charge in [0.2, 0.25) is 0 Å². The van der Waals surface area contributed by atoms with Gasteiger partial charge in [0.1, 0.15) is 18.8 Å². The molecular formula is C31H26ClNO9S3. The third-order valence-electron chi connectivity index (χ3n) is 7.32. The Morgan fingerprint density at radius 3 is 1.84 bits per heavy atom. The van der Waals surface area contributed by atoms with E-state index in [1.54, 1.807) is 67.3 Å². The number of hydrogen-bond donors (Lipinski definition) is 0. The van der Waals surface area contributed by atoms with E-state index < -0.39 is 33.5 Å². The van der Waals surface area contributed by atoms with Gasteiger partial charge in [0.05, 0.1) is 45.2 Å². The van der Waals surface area contributed by atoms with E-state index in [2.05, 4.69) is 0 Å². The average molecular weight is 688 g/mol. The first-order valence-corrected chi connectivity index (χ1v) is 16.0. The third-order valence-corrected chi connectivity index (χ3v) is 12.2. The van der Waals surface area contributed by atoms with Gasteiger partial charge in [0.15, 0.2) is 0 Å². The summed E-state index contributed by atoms with van der Waals surface area (Å²) in [5.74, 6) is -3.77. The maximum Gasteiger partial charge on any atom is 0.345 e. The fraction of sp³-hybridized carbons (Fsp3) is 0.258. The molecule has 1 spiro atoms. The number of halogens is 1. The number of anilines is 1. The molecule has 0 aliphatic carbocycles. The van der Waals surface area contributed by atoms with Crippen molar-refractivity contribution in [1.29, 1.82) is 0 Å². The third kappa shape index (κ3) is 5.15. The van der Waals surface area contributed by atoms with Crippen LogP contribution in [0.3, 0.4) is 0 Å². The van der Waals surface area contributed by atoms with E-state index >= 15 is 0 Å². The van der Waals surface area contributed by atoms with Gasteiger partial charge in [-0.3, -0.25) is 9.69 Å². The van der Waals surface area contributed by atoms with E-state index in [9.17, 15) is 24.0 Å². The van der Waals surface area contributed by atoms with E-state index in [0.29, 0.717) is 32.3 Å². The van der Waals surface area contributed by atoms with E-state index in [0.717, 1.165) is 56.6 Å². The molecule has 0 saturated heterocycles. The smallest absolute Gasteiger partial charge is 0.345 e. The number of hydrogen-bond acceptors (Lipinski definition) is 12. The number of ether oxygens (including phenoxy) is 4. The Labute approximate surface area is 276 Å². The summed E-state index contributed by atoms with van der Waals surface area (Å²) in [6.07, 6.45) is 0. The Morgan fingerprint density at radius 2 is 1.29 bits per heavy atom. The van der Waals surface area contributed by atoms with Crippen LogP contribution >= 0.6 is 46.9 Å². The number of carbonyl (C=O) groups excluding carboxylic acids is 5. The molecule has 2 aromatic carbocycles. The standard InChI is InChI=1S/C31H26ClNO9S3/c1-30(2)24-19(17-12-7-8-13-18(17)33(30)25(34)15-10-9-11-16(32)14-15)31(20(26(35)39-3)21(43-24)27(36)40-4)44-22(28(37)41-5)23(45-31)29(38)42-6/h7-14H,1-6H3. The van der Waals surface area contributed by atoms with Crippen LogP contribution in [0.25, 0.3) is 5.57 Å². The molecule has 234 valence electrons. The number of rotatable bonds is 5. The van der Waals surface area contributed by atoms with Crippen LogP contribution in [-0.4, -0.2) is 67.8 Å². The van der Waals surface area contributed by atoms with Crippen LogP contribution in [0.5, 0.6) is 0 Å². The van der Waals surface area contributed by atoms with Crippen molar-refractivity contribution < 1.29 is 42.9 Å². The van der Waals surface area contributed by atoms with E-state index in [4.69, 9.17) is 30.5 Å². The van der Waals surface area contributed by atoms with Crippen LogP contribution in [-0.2, 0) is 38.1 Å². The normalized spacial score (nSPS) is 17.9. The lowest BCUT2D eigenvalue weighted by molar-refractivity contribution is -0.138. The summed E-state index contributed by atoms with van der Waals surface area (Å²) in [7, 11) is 4.66. The molecule has 3 heterocycles. The molecule has 1 amide bonds. The van der Waals surface area contributed by atoms with E-state index in [1.807, 2.05) is 0 Å². The summed E-state index contributed by atoms with van der Waals surface area (Å²) in [5, 5.41) is 0.379. The number of fused-ring (bicyclic) bond motifs is 3. The van der Waals surface area contributed by atoms with Crippen LogP contribution in [0.2, 0.25) is 5.02 Å². The van der Waals surface area contributed by atoms with Crippen LogP contribution in [0, 0.1) is 0 Å². The molecule has 5 rings (SSSR count). The Balaban J connectivity index is 1.87. The van der Waals surface area contributed by atoms with Crippen molar-refractivity contribution in [2.24, 2.45) is 0 Å². The molecule has 10 nitrogen and oxygen atoms in total.